The van der Waals surface area contributed by atoms with Crippen molar-refractivity contribution in [1.29, 1.82) is 0 Å². The van der Waals surface area contributed by atoms with Crippen LogP contribution in [0, 0.1) is 0 Å². The highest BCUT2D eigenvalue weighted by Crippen LogP contribution is 2.16. The van der Waals surface area contributed by atoms with Gasteiger partial charge in [0.1, 0.15) is 5.82 Å². The molecule has 1 aliphatic rings. The molecule has 1 N–H and O–H groups in total. The molecule has 0 spiro atoms. The summed E-state index contributed by atoms with van der Waals surface area (Å²) in [5.74, 6) is 0.824. The first-order chi connectivity index (χ1) is 8.19. The van der Waals surface area contributed by atoms with Gasteiger partial charge in [0.05, 0.1) is 7.11 Å². The summed E-state index contributed by atoms with van der Waals surface area (Å²) in [6.45, 7) is 1.38. The van der Waals surface area contributed by atoms with Gasteiger partial charge in [0.2, 0.25) is 0 Å². The van der Waals surface area contributed by atoms with Crippen molar-refractivity contribution in [1.82, 2.24) is 9.88 Å². The molecule has 2 heterocycles. The van der Waals surface area contributed by atoms with Gasteiger partial charge in [0.15, 0.2) is 0 Å². The molecule has 0 aliphatic carbocycles. The van der Waals surface area contributed by atoms with E-state index in [-0.39, 0.29) is 12.1 Å². The monoisotopic (exact) mass is 299 g/mol. The summed E-state index contributed by atoms with van der Waals surface area (Å²) in [4.78, 5) is 17.2. The zero-order chi connectivity index (χ0) is 12.3. The molecule has 1 atom stereocenters. The molecule has 0 unspecified atom stereocenters. The Labute approximate surface area is 108 Å². The number of nitrogens with zero attached hydrogens (tertiary/aromatic N) is 2. The summed E-state index contributed by atoms with van der Waals surface area (Å²) < 4.78 is 5.64. The summed E-state index contributed by atoms with van der Waals surface area (Å²) in [6, 6.07) is 4.08. The number of likely N-dealkylation sites (tertiary alicyclic amines) is 1. The number of amides is 1. The van der Waals surface area contributed by atoms with Crippen LogP contribution in [0.1, 0.15) is 6.42 Å². The second-order valence-electron chi connectivity index (χ2n) is 3.91. The van der Waals surface area contributed by atoms with Crippen molar-refractivity contribution < 1.29 is 9.53 Å². The Hall–Kier alpha value is -1.30. The number of halogens is 1. The maximum atomic E-state index is 11.3. The number of pyridine rings is 1. The van der Waals surface area contributed by atoms with Crippen LogP contribution in [0.25, 0.3) is 0 Å². The molecule has 0 aromatic carbocycles. The predicted molar refractivity (Wildman–Crippen MR) is 67.9 cm³/mol. The van der Waals surface area contributed by atoms with E-state index in [1.807, 2.05) is 12.1 Å². The lowest BCUT2D eigenvalue weighted by atomic mass is 10.2. The van der Waals surface area contributed by atoms with Crippen LogP contribution in [-0.4, -0.2) is 42.2 Å². The zero-order valence-electron chi connectivity index (χ0n) is 9.52. The standard InChI is InChI=1S/C11H14BrN3O2/c1-17-11(16)15-5-4-9(7-15)14-10-3-2-8(12)6-13-10/h2-3,6,9H,4-5,7H2,1H3,(H,13,14)/t9-/m0/s1. The number of methoxy groups -OCH3 is 1. The largest absolute Gasteiger partial charge is 0.453 e. The van der Waals surface area contributed by atoms with Crippen LogP contribution in [0.2, 0.25) is 0 Å². The highest BCUT2D eigenvalue weighted by molar-refractivity contribution is 9.10. The van der Waals surface area contributed by atoms with Crippen molar-refractivity contribution in [2.75, 3.05) is 25.5 Å². The molecule has 5 nitrogen and oxygen atoms in total. The summed E-state index contributed by atoms with van der Waals surface area (Å²) in [5, 5.41) is 3.30. The van der Waals surface area contributed by atoms with Gasteiger partial charge in [-0.1, -0.05) is 0 Å². The van der Waals surface area contributed by atoms with Gasteiger partial charge in [0.25, 0.3) is 0 Å². The number of carbonyl (C=O) groups is 1. The van der Waals surface area contributed by atoms with Crippen LogP contribution in [0.3, 0.4) is 0 Å². The first-order valence-corrected chi connectivity index (χ1v) is 6.19. The Morgan fingerprint density at radius 3 is 3.12 bits per heavy atom. The second kappa shape index (κ2) is 5.35. The van der Waals surface area contributed by atoms with Crippen molar-refractivity contribution >= 4 is 27.8 Å². The SMILES string of the molecule is COC(=O)N1CC[C@H](Nc2ccc(Br)cn2)C1. The van der Waals surface area contributed by atoms with Crippen LogP contribution >= 0.6 is 15.9 Å². The number of nitrogens with one attached hydrogen (secondary N) is 1. The Morgan fingerprint density at radius 2 is 2.47 bits per heavy atom. The van der Waals surface area contributed by atoms with Gasteiger partial charge in [-0.3, -0.25) is 0 Å². The minimum absolute atomic E-state index is 0.239. The van der Waals surface area contributed by atoms with Crippen LogP contribution in [-0.2, 0) is 4.74 Å². The molecule has 1 fully saturated rings. The van der Waals surface area contributed by atoms with Crippen molar-refractivity contribution in [3.05, 3.63) is 22.8 Å². The fourth-order valence-corrected chi connectivity index (χ4v) is 2.08. The average molecular weight is 300 g/mol. The molecule has 1 aliphatic heterocycles. The molecule has 1 aromatic rings. The number of hydrogen-bond acceptors (Lipinski definition) is 4. The Kier molecular flexibility index (Phi) is 3.83. The third-order valence-electron chi connectivity index (χ3n) is 2.70. The smallest absolute Gasteiger partial charge is 0.409 e. The molecule has 0 bridgehead atoms. The lowest BCUT2D eigenvalue weighted by Gasteiger charge is -2.15. The molecular formula is C11H14BrN3O2. The minimum Gasteiger partial charge on any atom is -0.453 e. The van der Waals surface area contributed by atoms with E-state index in [1.165, 1.54) is 7.11 Å². The van der Waals surface area contributed by atoms with Gasteiger partial charge in [-0.2, -0.15) is 0 Å². The molecule has 1 saturated heterocycles. The number of anilines is 1. The van der Waals surface area contributed by atoms with Crippen LogP contribution in [0.15, 0.2) is 22.8 Å². The van der Waals surface area contributed by atoms with Crippen molar-refractivity contribution in [2.45, 2.75) is 12.5 Å². The van der Waals surface area contributed by atoms with Gasteiger partial charge < -0.3 is 15.0 Å². The molecule has 2 rings (SSSR count). The predicted octanol–water partition coefficient (Wildman–Crippen LogP) is 2.10. The normalized spacial score (nSPS) is 19.2. The van der Waals surface area contributed by atoms with Crippen molar-refractivity contribution in [2.24, 2.45) is 0 Å². The number of carbonyl (C=O) groups excluding carboxylic acids is 1. The maximum Gasteiger partial charge on any atom is 0.409 e. The summed E-state index contributed by atoms with van der Waals surface area (Å²) in [5.41, 5.74) is 0. The minimum atomic E-state index is -0.266. The summed E-state index contributed by atoms with van der Waals surface area (Å²) in [7, 11) is 1.40. The fourth-order valence-electron chi connectivity index (χ4n) is 1.84. The van der Waals surface area contributed by atoms with Crippen molar-refractivity contribution in [3.8, 4) is 0 Å². The van der Waals surface area contributed by atoms with Gasteiger partial charge in [-0.25, -0.2) is 9.78 Å². The number of ether oxygens (including phenoxy) is 1. The second-order valence-corrected chi connectivity index (χ2v) is 4.82. The van der Waals surface area contributed by atoms with E-state index in [0.717, 1.165) is 23.3 Å². The summed E-state index contributed by atoms with van der Waals surface area (Å²) >= 11 is 3.34. The third-order valence-corrected chi connectivity index (χ3v) is 3.17. The molecule has 6 heteroatoms. The molecule has 92 valence electrons. The number of aromatic nitrogens is 1. The first-order valence-electron chi connectivity index (χ1n) is 5.40. The number of rotatable bonds is 2. The van der Waals surface area contributed by atoms with Gasteiger partial charge >= 0.3 is 6.09 Å². The topological polar surface area (TPSA) is 54.5 Å². The molecular weight excluding hydrogens is 286 g/mol. The van der Waals surface area contributed by atoms with Crippen molar-refractivity contribution in [3.63, 3.8) is 0 Å². The fraction of sp³-hybridized carbons (Fsp3) is 0.455. The molecule has 0 radical (unpaired) electrons. The van der Waals surface area contributed by atoms with E-state index < -0.39 is 0 Å². The lowest BCUT2D eigenvalue weighted by molar-refractivity contribution is 0.133. The van der Waals surface area contributed by atoms with Crippen LogP contribution in [0.4, 0.5) is 10.6 Å². The van der Waals surface area contributed by atoms with E-state index in [1.54, 1.807) is 11.1 Å². The molecule has 1 aromatic heterocycles. The molecule has 17 heavy (non-hydrogen) atoms. The Bertz CT molecular complexity index is 396. The summed E-state index contributed by atoms with van der Waals surface area (Å²) in [6.07, 6.45) is 2.39. The van der Waals surface area contributed by atoms with Crippen LogP contribution in [0.5, 0.6) is 0 Å². The van der Waals surface area contributed by atoms with E-state index in [9.17, 15) is 4.79 Å². The van der Waals surface area contributed by atoms with Gasteiger partial charge in [0, 0.05) is 29.8 Å². The van der Waals surface area contributed by atoms with Gasteiger partial charge in [-0.15, -0.1) is 0 Å². The number of hydrogen-bond donors (Lipinski definition) is 1. The molecule has 1 amide bonds. The van der Waals surface area contributed by atoms with E-state index in [2.05, 4.69) is 31.0 Å². The van der Waals surface area contributed by atoms with E-state index in [4.69, 9.17) is 0 Å². The zero-order valence-corrected chi connectivity index (χ0v) is 11.1. The van der Waals surface area contributed by atoms with Crippen LogP contribution < -0.4 is 5.32 Å². The van der Waals surface area contributed by atoms with E-state index in [0.29, 0.717) is 6.54 Å². The van der Waals surface area contributed by atoms with Gasteiger partial charge in [-0.05, 0) is 34.5 Å². The Balaban J connectivity index is 1.89. The average Bonchev–Trinajstić information content (AvgIpc) is 2.80. The molecule has 0 saturated carbocycles. The highest BCUT2D eigenvalue weighted by Gasteiger charge is 2.26. The van der Waals surface area contributed by atoms with E-state index >= 15 is 0 Å². The highest BCUT2D eigenvalue weighted by atomic mass is 79.9. The quantitative estimate of drug-likeness (QED) is 0.909. The first kappa shape index (κ1) is 12.2. The maximum absolute atomic E-state index is 11.3. The third kappa shape index (κ3) is 3.09. The lowest BCUT2D eigenvalue weighted by Crippen LogP contribution is -2.31. The Morgan fingerprint density at radius 1 is 1.65 bits per heavy atom.